The van der Waals surface area contributed by atoms with Gasteiger partial charge in [0.2, 0.25) is 9.67 Å². The van der Waals surface area contributed by atoms with Crippen LogP contribution in [0.3, 0.4) is 0 Å². The quantitative estimate of drug-likeness (QED) is 0.108. The van der Waals surface area contributed by atoms with Crippen molar-refractivity contribution < 1.29 is 38.1 Å². The second kappa shape index (κ2) is 20.7. The Morgan fingerprint density at radius 3 is 2.14 bits per heavy atom. The van der Waals surface area contributed by atoms with Gasteiger partial charge in [-0.15, -0.1) is 0 Å². The van der Waals surface area contributed by atoms with E-state index in [9.17, 15) is 9.59 Å². The van der Waals surface area contributed by atoms with E-state index in [-0.39, 0.29) is 51.2 Å². The van der Waals surface area contributed by atoms with Crippen LogP contribution < -0.4 is 9.47 Å². The molecule has 1 aromatic heterocycles. The number of piperazine rings is 1. The van der Waals surface area contributed by atoms with E-state index < -0.39 is 39.3 Å². The smallest absolute Gasteiger partial charge is 0.411 e. The average molecular weight is 1000 g/mol. The van der Waals surface area contributed by atoms with Gasteiger partial charge in [-0.2, -0.15) is 0 Å². The first-order valence-electron chi connectivity index (χ1n) is 21.1. The Labute approximate surface area is 405 Å². The normalized spacial score (nSPS) is 17.9. The summed E-state index contributed by atoms with van der Waals surface area (Å²) in [6, 6.07) is 11.1. The van der Waals surface area contributed by atoms with Crippen LogP contribution in [-0.4, -0.2) is 111 Å². The molecular formula is C46H54Cl6N4O8. The Bertz CT molecular complexity index is 2200. The number of aryl methyl sites for hydroxylation is 2. The fourth-order valence-corrected chi connectivity index (χ4v) is 8.71. The van der Waals surface area contributed by atoms with Gasteiger partial charge in [0.1, 0.15) is 18.8 Å². The van der Waals surface area contributed by atoms with Crippen LogP contribution in [0.25, 0.3) is 5.57 Å². The molecule has 348 valence electrons. The molecule has 0 spiro atoms. The molecule has 3 aromatic rings. The van der Waals surface area contributed by atoms with E-state index in [0.717, 1.165) is 42.4 Å². The number of carbonyl (C=O) groups excluding carboxylic acids is 3. The Hall–Kier alpha value is -3.36. The standard InChI is InChI=1S/C46H54Cl6N4O8/c1-27-19-35(48)40(36(49)20-27)62-18-17-61-38-15-11-29(23-53-38)33-22-32-25-54(42(58)63-44(2,3)4)26-37(56(32)43(59)64-45(5,6)46(50,51)52)39(33)41(57)55(31-12-13-31)24-30-21-28(9-8-16-60-7)10-14-34(30)47/h10-11,14-15,19-21,23,31-32,37H,8-9,12-13,16-18,22,24-26H2,1-7H3. The van der Waals surface area contributed by atoms with Crippen molar-refractivity contribution >= 4 is 93.3 Å². The molecule has 2 atom stereocenters. The molecule has 1 saturated heterocycles. The van der Waals surface area contributed by atoms with Crippen LogP contribution in [-0.2, 0) is 32.0 Å². The lowest BCUT2D eigenvalue weighted by atomic mass is 9.81. The summed E-state index contributed by atoms with van der Waals surface area (Å²) in [4.78, 5) is 53.3. The van der Waals surface area contributed by atoms with Gasteiger partial charge in [0.25, 0.3) is 5.91 Å². The maximum absolute atomic E-state index is 15.6. The molecule has 6 rings (SSSR count). The van der Waals surface area contributed by atoms with Gasteiger partial charge in [-0.3, -0.25) is 9.69 Å². The first-order valence-corrected chi connectivity index (χ1v) is 23.4. The summed E-state index contributed by atoms with van der Waals surface area (Å²) in [5.74, 6) is 0.356. The largest absolute Gasteiger partial charge is 0.487 e. The number of aromatic nitrogens is 1. The number of hydrogen-bond donors (Lipinski definition) is 0. The third kappa shape index (κ3) is 12.3. The zero-order chi connectivity index (χ0) is 46.7. The number of alkyl halides is 3. The fourth-order valence-electron chi connectivity index (χ4n) is 7.71. The van der Waals surface area contributed by atoms with Gasteiger partial charge in [-0.25, -0.2) is 14.6 Å². The van der Waals surface area contributed by atoms with E-state index in [1.54, 1.807) is 52.3 Å². The molecule has 3 heterocycles. The summed E-state index contributed by atoms with van der Waals surface area (Å²) in [5, 5.41) is 1.32. The Morgan fingerprint density at radius 2 is 1.53 bits per heavy atom. The van der Waals surface area contributed by atoms with Crippen LogP contribution in [0.2, 0.25) is 15.1 Å². The lowest BCUT2D eigenvalue weighted by Crippen LogP contribution is -2.66. The van der Waals surface area contributed by atoms with E-state index in [2.05, 4.69) is 4.98 Å². The number of benzene rings is 2. The van der Waals surface area contributed by atoms with E-state index in [1.165, 1.54) is 23.6 Å². The number of pyridine rings is 1. The molecule has 1 saturated carbocycles. The monoisotopic (exact) mass is 1000 g/mol. The van der Waals surface area contributed by atoms with Crippen molar-refractivity contribution in [3.8, 4) is 11.6 Å². The minimum Gasteiger partial charge on any atom is -0.487 e. The summed E-state index contributed by atoms with van der Waals surface area (Å²) >= 11 is 38.4. The number of methoxy groups -OCH3 is 1. The second-order valence-corrected chi connectivity index (χ2v) is 21.3. The molecule has 3 amide bonds. The highest BCUT2D eigenvalue weighted by Gasteiger charge is 2.53. The number of carbonyl (C=O) groups is 3. The van der Waals surface area contributed by atoms with E-state index in [0.29, 0.717) is 50.0 Å². The van der Waals surface area contributed by atoms with Crippen molar-refractivity contribution in [3.63, 3.8) is 0 Å². The minimum absolute atomic E-state index is 0.0706. The van der Waals surface area contributed by atoms with Crippen molar-refractivity contribution in [2.45, 2.75) is 113 Å². The van der Waals surface area contributed by atoms with Gasteiger partial charge < -0.3 is 33.5 Å². The van der Waals surface area contributed by atoms with Crippen molar-refractivity contribution in [3.05, 3.63) is 91.6 Å². The Balaban J connectivity index is 1.38. The molecule has 2 aromatic carbocycles. The molecule has 0 N–H and O–H groups in total. The maximum atomic E-state index is 15.6. The summed E-state index contributed by atoms with van der Waals surface area (Å²) in [6.45, 7) is 11.3. The molecule has 18 heteroatoms. The molecule has 12 nitrogen and oxygen atoms in total. The molecule has 3 aliphatic rings. The first kappa shape index (κ1) is 50.1. The highest BCUT2D eigenvalue weighted by atomic mass is 35.6. The maximum Gasteiger partial charge on any atom is 0.411 e. The lowest BCUT2D eigenvalue weighted by molar-refractivity contribution is -0.129. The number of nitrogens with zero attached hydrogens (tertiary/aromatic N) is 4. The van der Waals surface area contributed by atoms with Gasteiger partial charge in [0, 0.05) is 62.3 Å². The molecule has 1 aliphatic carbocycles. The van der Waals surface area contributed by atoms with Crippen LogP contribution >= 0.6 is 69.6 Å². The number of amides is 3. The fraction of sp³-hybridized carbons (Fsp3) is 0.522. The minimum atomic E-state index is -1.99. The highest BCUT2D eigenvalue weighted by Crippen LogP contribution is 2.45. The third-order valence-electron chi connectivity index (χ3n) is 11.1. The second-order valence-electron chi connectivity index (χ2n) is 17.8. The lowest BCUT2D eigenvalue weighted by Gasteiger charge is -2.51. The van der Waals surface area contributed by atoms with Crippen LogP contribution in [0.15, 0.2) is 54.2 Å². The highest BCUT2D eigenvalue weighted by molar-refractivity contribution is 6.68. The zero-order valence-electron chi connectivity index (χ0n) is 37.0. The van der Waals surface area contributed by atoms with Gasteiger partial charge in [-0.05, 0) is 126 Å². The number of rotatable bonds is 15. The van der Waals surface area contributed by atoms with Crippen LogP contribution in [0.4, 0.5) is 9.59 Å². The number of hydrogen-bond acceptors (Lipinski definition) is 9. The van der Waals surface area contributed by atoms with Gasteiger partial charge in [0.05, 0.1) is 22.1 Å². The van der Waals surface area contributed by atoms with Crippen LogP contribution in [0.1, 0.15) is 82.6 Å². The molecule has 2 aliphatic heterocycles. The van der Waals surface area contributed by atoms with Gasteiger partial charge in [-0.1, -0.05) is 81.7 Å². The Morgan fingerprint density at radius 1 is 0.844 bits per heavy atom. The van der Waals surface area contributed by atoms with E-state index in [1.807, 2.05) is 36.1 Å². The van der Waals surface area contributed by atoms with Crippen LogP contribution in [0, 0.1) is 6.92 Å². The van der Waals surface area contributed by atoms with E-state index >= 15 is 4.79 Å². The predicted molar refractivity (Wildman–Crippen MR) is 251 cm³/mol. The molecule has 2 bridgehead atoms. The zero-order valence-corrected chi connectivity index (χ0v) is 41.5. The van der Waals surface area contributed by atoms with Crippen molar-refractivity contribution in [1.29, 1.82) is 0 Å². The van der Waals surface area contributed by atoms with E-state index in [4.69, 9.17) is 93.3 Å². The number of halogens is 6. The summed E-state index contributed by atoms with van der Waals surface area (Å²) < 4.78 is 26.8. The number of ether oxygens (including phenoxy) is 5. The average Bonchev–Trinajstić information content (AvgIpc) is 4.04. The van der Waals surface area contributed by atoms with Gasteiger partial charge >= 0.3 is 12.2 Å². The van der Waals surface area contributed by atoms with Gasteiger partial charge in [0.15, 0.2) is 11.4 Å². The van der Waals surface area contributed by atoms with Crippen molar-refractivity contribution in [2.75, 3.05) is 40.0 Å². The number of fused-ring (bicyclic) bond motifs is 2. The Kier molecular flexibility index (Phi) is 16.2. The molecular weight excluding hydrogens is 949 g/mol. The molecule has 0 radical (unpaired) electrons. The first-order chi connectivity index (χ1) is 30.1. The molecule has 2 unspecified atom stereocenters. The summed E-state index contributed by atoms with van der Waals surface area (Å²) in [5.41, 5.74) is 1.96. The third-order valence-corrected chi connectivity index (χ3v) is 13.4. The van der Waals surface area contributed by atoms with Crippen LogP contribution in [0.5, 0.6) is 11.6 Å². The topological polar surface area (TPSA) is 120 Å². The SMILES string of the molecule is COCCCc1ccc(Cl)c(CN(C(=O)C2=C(c3ccc(OCCOc4c(Cl)cc(C)cc4Cl)nc3)CC3CN(C(=O)OC(C)(C)C)CC2N3C(=O)OC(C)(C)C(Cl)(Cl)Cl)C2CC2)c1. The molecule has 64 heavy (non-hydrogen) atoms. The molecule has 2 fully saturated rings. The van der Waals surface area contributed by atoms with Crippen molar-refractivity contribution in [2.24, 2.45) is 0 Å². The summed E-state index contributed by atoms with van der Waals surface area (Å²) in [7, 11) is 1.67. The summed E-state index contributed by atoms with van der Waals surface area (Å²) in [6.07, 6.45) is 3.53. The van der Waals surface area contributed by atoms with Crippen molar-refractivity contribution in [1.82, 2.24) is 19.7 Å². The predicted octanol–water partition coefficient (Wildman–Crippen LogP) is 11.3.